The highest BCUT2D eigenvalue weighted by Crippen LogP contribution is 2.33. The van der Waals surface area contributed by atoms with E-state index in [-0.39, 0.29) is 31.4 Å². The number of esters is 1. The van der Waals surface area contributed by atoms with E-state index in [0.29, 0.717) is 19.4 Å². The molecule has 0 aromatic heterocycles. The Kier molecular flexibility index (Phi) is 7.41. The van der Waals surface area contributed by atoms with Crippen molar-refractivity contribution >= 4 is 23.8 Å². The summed E-state index contributed by atoms with van der Waals surface area (Å²) in [5.74, 6) is -1.19. The zero-order valence-electron chi connectivity index (χ0n) is 15.5. The van der Waals surface area contributed by atoms with Crippen LogP contribution >= 0.6 is 0 Å². The van der Waals surface area contributed by atoms with Gasteiger partial charge in [-0.2, -0.15) is 0 Å². The maximum atomic E-state index is 12.6. The van der Waals surface area contributed by atoms with Crippen molar-refractivity contribution in [3.63, 3.8) is 0 Å². The molecule has 1 saturated heterocycles. The molecule has 0 aromatic rings. The summed E-state index contributed by atoms with van der Waals surface area (Å²) < 4.78 is 4.91. The smallest absolute Gasteiger partial charge is 0.325 e. The largest absolute Gasteiger partial charge is 0.456 e. The van der Waals surface area contributed by atoms with Crippen LogP contribution in [0.25, 0.3) is 0 Å². The van der Waals surface area contributed by atoms with Gasteiger partial charge in [-0.1, -0.05) is 39.0 Å². The van der Waals surface area contributed by atoms with Crippen molar-refractivity contribution in [2.75, 3.05) is 19.7 Å². The first-order chi connectivity index (χ1) is 12.5. The van der Waals surface area contributed by atoms with Crippen LogP contribution in [0.4, 0.5) is 4.79 Å². The molecule has 1 aliphatic carbocycles. The summed E-state index contributed by atoms with van der Waals surface area (Å²) in [5.41, 5.74) is -0.780. The molecular weight excluding hydrogens is 338 g/mol. The molecule has 1 saturated carbocycles. The topological polar surface area (TPSA) is 105 Å². The van der Waals surface area contributed by atoms with Crippen LogP contribution in [-0.2, 0) is 19.1 Å². The number of ether oxygens (including phenoxy) is 1. The lowest BCUT2D eigenvalue weighted by Gasteiger charge is -2.30. The Hall–Kier alpha value is -2.12. The number of imide groups is 1. The molecule has 1 spiro atoms. The Morgan fingerprint density at radius 2 is 1.92 bits per heavy atom. The standard InChI is InChI=1S/C18H29N3O5/c1-2-3-7-11-19-14(22)13-26-15(23)8-12-21-16(24)18(20-17(21)25)9-5-4-6-10-18/h2-13H2,1H3,(H,19,22)(H,20,25). The second kappa shape index (κ2) is 9.54. The fourth-order valence-electron chi connectivity index (χ4n) is 3.45. The van der Waals surface area contributed by atoms with Gasteiger partial charge < -0.3 is 15.4 Å². The van der Waals surface area contributed by atoms with Crippen LogP contribution in [0, 0.1) is 0 Å². The third-order valence-corrected chi connectivity index (χ3v) is 4.96. The Morgan fingerprint density at radius 3 is 2.62 bits per heavy atom. The Balaban J connectivity index is 1.69. The van der Waals surface area contributed by atoms with Crippen LogP contribution in [0.3, 0.4) is 0 Å². The lowest BCUT2D eigenvalue weighted by atomic mass is 9.82. The quantitative estimate of drug-likeness (QED) is 0.365. The first-order valence-corrected chi connectivity index (χ1v) is 9.55. The highest BCUT2D eigenvalue weighted by molar-refractivity contribution is 6.07. The number of nitrogens with zero attached hydrogens (tertiary/aromatic N) is 1. The molecular formula is C18H29N3O5. The Labute approximate surface area is 154 Å². The summed E-state index contributed by atoms with van der Waals surface area (Å²) in [7, 11) is 0. The Morgan fingerprint density at radius 1 is 1.19 bits per heavy atom. The number of hydrogen-bond acceptors (Lipinski definition) is 5. The molecule has 0 radical (unpaired) electrons. The summed E-state index contributed by atoms with van der Waals surface area (Å²) in [5, 5.41) is 5.48. The van der Waals surface area contributed by atoms with Gasteiger partial charge in [0.25, 0.3) is 11.8 Å². The van der Waals surface area contributed by atoms with Gasteiger partial charge in [0.1, 0.15) is 5.54 Å². The fourth-order valence-corrected chi connectivity index (χ4v) is 3.45. The van der Waals surface area contributed by atoms with Gasteiger partial charge in [0.05, 0.1) is 6.42 Å². The van der Waals surface area contributed by atoms with E-state index < -0.39 is 17.5 Å². The number of nitrogens with one attached hydrogen (secondary N) is 2. The zero-order chi connectivity index (χ0) is 19.0. The van der Waals surface area contributed by atoms with E-state index in [2.05, 4.69) is 17.6 Å². The summed E-state index contributed by atoms with van der Waals surface area (Å²) in [6.45, 7) is 2.28. The van der Waals surface area contributed by atoms with E-state index in [1.807, 2.05) is 0 Å². The van der Waals surface area contributed by atoms with Crippen LogP contribution in [-0.4, -0.2) is 54.0 Å². The highest BCUT2D eigenvalue weighted by atomic mass is 16.5. The molecule has 0 unspecified atom stereocenters. The second-order valence-corrected chi connectivity index (χ2v) is 7.00. The lowest BCUT2D eigenvalue weighted by molar-refractivity contribution is -0.149. The summed E-state index contributed by atoms with van der Waals surface area (Å²) in [4.78, 5) is 49.1. The SMILES string of the molecule is CCCCCNC(=O)COC(=O)CCN1C(=O)NC2(CCCCC2)C1=O. The van der Waals surface area contributed by atoms with Crippen molar-refractivity contribution in [2.24, 2.45) is 0 Å². The summed E-state index contributed by atoms with van der Waals surface area (Å²) in [6, 6.07) is -0.446. The number of urea groups is 1. The van der Waals surface area contributed by atoms with Gasteiger partial charge >= 0.3 is 12.0 Å². The van der Waals surface area contributed by atoms with E-state index >= 15 is 0 Å². The first kappa shape index (κ1) is 20.2. The molecule has 8 heteroatoms. The van der Waals surface area contributed by atoms with Crippen molar-refractivity contribution in [1.29, 1.82) is 0 Å². The van der Waals surface area contributed by atoms with E-state index in [4.69, 9.17) is 4.74 Å². The second-order valence-electron chi connectivity index (χ2n) is 7.00. The molecule has 26 heavy (non-hydrogen) atoms. The van der Waals surface area contributed by atoms with Crippen molar-refractivity contribution in [1.82, 2.24) is 15.5 Å². The van der Waals surface area contributed by atoms with Gasteiger partial charge in [-0.3, -0.25) is 19.3 Å². The van der Waals surface area contributed by atoms with E-state index in [0.717, 1.165) is 43.4 Å². The molecule has 2 N–H and O–H groups in total. The van der Waals surface area contributed by atoms with Crippen LogP contribution in [0.2, 0.25) is 0 Å². The maximum Gasteiger partial charge on any atom is 0.325 e. The number of hydrogen-bond donors (Lipinski definition) is 2. The minimum Gasteiger partial charge on any atom is -0.456 e. The van der Waals surface area contributed by atoms with Crippen molar-refractivity contribution < 1.29 is 23.9 Å². The number of unbranched alkanes of at least 4 members (excludes halogenated alkanes) is 2. The predicted molar refractivity (Wildman–Crippen MR) is 94.2 cm³/mol. The lowest BCUT2D eigenvalue weighted by Crippen LogP contribution is -2.48. The van der Waals surface area contributed by atoms with Gasteiger partial charge in [-0.15, -0.1) is 0 Å². The molecule has 4 amide bonds. The summed E-state index contributed by atoms with van der Waals surface area (Å²) in [6.07, 6.45) is 7.07. The third-order valence-electron chi connectivity index (χ3n) is 4.96. The van der Waals surface area contributed by atoms with Crippen molar-refractivity contribution in [3.8, 4) is 0 Å². The summed E-state index contributed by atoms with van der Waals surface area (Å²) >= 11 is 0. The van der Waals surface area contributed by atoms with E-state index in [1.54, 1.807) is 0 Å². The average Bonchev–Trinajstić information content (AvgIpc) is 2.85. The average molecular weight is 367 g/mol. The monoisotopic (exact) mass is 367 g/mol. The zero-order valence-corrected chi connectivity index (χ0v) is 15.5. The van der Waals surface area contributed by atoms with Gasteiger partial charge in [0, 0.05) is 13.1 Å². The van der Waals surface area contributed by atoms with Crippen molar-refractivity contribution in [2.45, 2.75) is 70.3 Å². The van der Waals surface area contributed by atoms with Crippen LogP contribution in [0.15, 0.2) is 0 Å². The van der Waals surface area contributed by atoms with Gasteiger partial charge in [0.2, 0.25) is 0 Å². The van der Waals surface area contributed by atoms with Crippen LogP contribution in [0.1, 0.15) is 64.7 Å². The van der Waals surface area contributed by atoms with E-state index in [9.17, 15) is 19.2 Å². The highest BCUT2D eigenvalue weighted by Gasteiger charge is 2.51. The normalized spacial score (nSPS) is 18.7. The third kappa shape index (κ3) is 5.19. The maximum absolute atomic E-state index is 12.6. The molecule has 0 aromatic carbocycles. The van der Waals surface area contributed by atoms with Gasteiger partial charge in [-0.25, -0.2) is 4.79 Å². The molecule has 2 rings (SSSR count). The van der Waals surface area contributed by atoms with Gasteiger partial charge in [0.15, 0.2) is 6.61 Å². The first-order valence-electron chi connectivity index (χ1n) is 9.55. The molecule has 1 aliphatic heterocycles. The number of carbonyl (C=O) groups excluding carboxylic acids is 4. The van der Waals surface area contributed by atoms with Crippen LogP contribution in [0.5, 0.6) is 0 Å². The van der Waals surface area contributed by atoms with Crippen molar-refractivity contribution in [3.05, 3.63) is 0 Å². The fraction of sp³-hybridized carbons (Fsp3) is 0.778. The Bertz CT molecular complexity index is 543. The van der Waals surface area contributed by atoms with Gasteiger partial charge in [-0.05, 0) is 19.3 Å². The molecule has 2 fully saturated rings. The molecule has 0 bridgehead atoms. The van der Waals surface area contributed by atoms with E-state index in [1.165, 1.54) is 0 Å². The molecule has 0 atom stereocenters. The molecule has 2 aliphatic rings. The van der Waals surface area contributed by atoms with Crippen LogP contribution < -0.4 is 10.6 Å². The molecule has 8 nitrogen and oxygen atoms in total. The predicted octanol–water partition coefficient (Wildman–Crippen LogP) is 1.48. The number of amides is 4. The number of rotatable bonds is 9. The number of carbonyl (C=O) groups is 4. The molecule has 1 heterocycles. The minimum atomic E-state index is -0.780. The molecule has 146 valence electrons. The minimum absolute atomic E-state index is 0.0244.